The van der Waals surface area contributed by atoms with Gasteiger partial charge in [-0.25, -0.2) is 0 Å². The topological polar surface area (TPSA) is 0 Å². The van der Waals surface area contributed by atoms with E-state index in [2.05, 4.69) is 133 Å². The molecule has 180 valence electrons. The predicted octanol–water partition coefficient (Wildman–Crippen LogP) is 11.4. The SMILES string of the molecule is c1ccc2c(c1)ccc1c(-c3ccc4ccc(-c5cc6cccc7sc8cccc5c8c67)cc4c3)cccc12. The summed E-state index contributed by atoms with van der Waals surface area (Å²) in [4.78, 5) is 0. The van der Waals surface area contributed by atoms with Crippen molar-refractivity contribution in [3.8, 4) is 22.3 Å². The first-order valence-electron chi connectivity index (χ1n) is 13.4. The second-order valence-corrected chi connectivity index (χ2v) is 11.6. The van der Waals surface area contributed by atoms with E-state index in [1.165, 1.54) is 85.5 Å². The Morgan fingerprint density at radius 2 is 1.00 bits per heavy atom. The molecule has 0 atom stereocenters. The number of thiophene rings is 1. The van der Waals surface area contributed by atoms with Gasteiger partial charge >= 0.3 is 0 Å². The van der Waals surface area contributed by atoms with Crippen molar-refractivity contribution >= 4 is 74.6 Å². The highest BCUT2D eigenvalue weighted by Crippen LogP contribution is 2.45. The summed E-state index contributed by atoms with van der Waals surface area (Å²) in [7, 11) is 0. The third-order valence-corrected chi connectivity index (χ3v) is 9.51. The standard InChI is InChI=1S/C38H22S/c1-2-8-29-24(6-1)18-19-32-30(9-4-10-31(29)32)25-16-14-23-15-17-26(21-28(23)20-25)34-22-27-7-3-12-35-37(27)38-33(34)11-5-13-36(38)39-35/h1-22H. The highest BCUT2D eigenvalue weighted by Gasteiger charge is 2.15. The van der Waals surface area contributed by atoms with Gasteiger partial charge in [0.15, 0.2) is 0 Å². The lowest BCUT2D eigenvalue weighted by Crippen LogP contribution is -1.86. The molecule has 9 rings (SSSR count). The molecule has 0 fully saturated rings. The molecule has 8 aromatic carbocycles. The first-order chi connectivity index (χ1) is 19.3. The van der Waals surface area contributed by atoms with Crippen LogP contribution in [0.4, 0.5) is 0 Å². The Morgan fingerprint density at radius 3 is 1.90 bits per heavy atom. The van der Waals surface area contributed by atoms with Gasteiger partial charge in [0, 0.05) is 20.2 Å². The van der Waals surface area contributed by atoms with Crippen LogP contribution in [-0.2, 0) is 0 Å². The van der Waals surface area contributed by atoms with Crippen molar-refractivity contribution in [3.05, 3.63) is 133 Å². The molecule has 0 unspecified atom stereocenters. The molecule has 0 aliphatic rings. The Morgan fingerprint density at radius 1 is 0.333 bits per heavy atom. The fourth-order valence-corrected chi connectivity index (χ4v) is 7.75. The zero-order valence-corrected chi connectivity index (χ0v) is 21.9. The first-order valence-corrected chi connectivity index (χ1v) is 14.2. The fourth-order valence-electron chi connectivity index (χ4n) is 6.58. The highest BCUT2D eigenvalue weighted by atomic mass is 32.1. The molecule has 0 N–H and O–H groups in total. The Kier molecular flexibility index (Phi) is 4.30. The highest BCUT2D eigenvalue weighted by molar-refractivity contribution is 7.26. The van der Waals surface area contributed by atoms with Crippen LogP contribution in [0.25, 0.3) is 85.5 Å². The van der Waals surface area contributed by atoms with Gasteiger partial charge in [-0.15, -0.1) is 11.3 Å². The van der Waals surface area contributed by atoms with E-state index in [0.29, 0.717) is 0 Å². The van der Waals surface area contributed by atoms with Gasteiger partial charge in [-0.1, -0.05) is 103 Å². The molecule has 0 spiro atoms. The lowest BCUT2D eigenvalue weighted by Gasteiger charge is -2.13. The van der Waals surface area contributed by atoms with E-state index in [1.54, 1.807) is 0 Å². The van der Waals surface area contributed by atoms with E-state index < -0.39 is 0 Å². The van der Waals surface area contributed by atoms with Crippen LogP contribution in [0.3, 0.4) is 0 Å². The lowest BCUT2D eigenvalue weighted by atomic mass is 9.91. The molecule has 0 saturated heterocycles. The summed E-state index contributed by atoms with van der Waals surface area (Å²) in [6, 6.07) is 49.5. The average molecular weight is 511 g/mol. The molecule has 0 aliphatic carbocycles. The summed E-state index contributed by atoms with van der Waals surface area (Å²) in [6.45, 7) is 0. The van der Waals surface area contributed by atoms with Gasteiger partial charge in [-0.3, -0.25) is 0 Å². The minimum absolute atomic E-state index is 1.25. The molecule has 0 radical (unpaired) electrons. The summed E-state index contributed by atoms with van der Waals surface area (Å²) in [6.07, 6.45) is 0. The van der Waals surface area contributed by atoms with Crippen LogP contribution in [0.15, 0.2) is 133 Å². The Balaban J connectivity index is 1.26. The number of hydrogen-bond acceptors (Lipinski definition) is 1. The van der Waals surface area contributed by atoms with Crippen LogP contribution in [0, 0.1) is 0 Å². The quantitative estimate of drug-likeness (QED) is 0.203. The Labute approximate surface area is 229 Å². The third kappa shape index (κ3) is 3.05. The van der Waals surface area contributed by atoms with Gasteiger partial charge in [0.1, 0.15) is 0 Å². The molecule has 0 bridgehead atoms. The van der Waals surface area contributed by atoms with Crippen LogP contribution in [0.2, 0.25) is 0 Å². The third-order valence-electron chi connectivity index (χ3n) is 8.39. The summed E-state index contributed by atoms with van der Waals surface area (Å²) >= 11 is 1.90. The largest absolute Gasteiger partial charge is 0.135 e. The van der Waals surface area contributed by atoms with E-state index in [-0.39, 0.29) is 0 Å². The normalized spacial score (nSPS) is 12.1. The second-order valence-electron chi connectivity index (χ2n) is 10.5. The molecular weight excluding hydrogens is 488 g/mol. The van der Waals surface area contributed by atoms with E-state index in [4.69, 9.17) is 0 Å². The molecule has 0 nitrogen and oxygen atoms in total. The molecule has 1 aromatic heterocycles. The van der Waals surface area contributed by atoms with Gasteiger partial charge in [-0.2, -0.15) is 0 Å². The van der Waals surface area contributed by atoms with Crippen molar-refractivity contribution in [2.75, 3.05) is 0 Å². The molecule has 9 aromatic rings. The van der Waals surface area contributed by atoms with E-state index in [1.807, 2.05) is 11.3 Å². The van der Waals surface area contributed by atoms with Crippen LogP contribution in [-0.4, -0.2) is 0 Å². The summed E-state index contributed by atoms with van der Waals surface area (Å²) < 4.78 is 2.74. The molecule has 39 heavy (non-hydrogen) atoms. The molecule has 0 aliphatic heterocycles. The maximum atomic E-state index is 2.39. The van der Waals surface area contributed by atoms with Crippen LogP contribution < -0.4 is 0 Å². The van der Waals surface area contributed by atoms with Crippen LogP contribution in [0.1, 0.15) is 0 Å². The smallest absolute Gasteiger partial charge is 0.0361 e. The number of hydrogen-bond donors (Lipinski definition) is 0. The molecule has 0 amide bonds. The Hall–Kier alpha value is -4.72. The monoisotopic (exact) mass is 510 g/mol. The predicted molar refractivity (Wildman–Crippen MR) is 171 cm³/mol. The summed E-state index contributed by atoms with van der Waals surface area (Å²) in [5.41, 5.74) is 5.11. The molecule has 1 heteroatoms. The zero-order valence-electron chi connectivity index (χ0n) is 21.1. The van der Waals surface area contributed by atoms with Crippen LogP contribution >= 0.6 is 11.3 Å². The van der Waals surface area contributed by atoms with Crippen molar-refractivity contribution in [1.82, 2.24) is 0 Å². The minimum atomic E-state index is 1.25. The molecular formula is C38H22S. The van der Waals surface area contributed by atoms with Crippen molar-refractivity contribution in [2.24, 2.45) is 0 Å². The maximum Gasteiger partial charge on any atom is 0.0361 e. The fraction of sp³-hybridized carbons (Fsp3) is 0. The number of benzene rings is 8. The van der Waals surface area contributed by atoms with E-state index in [9.17, 15) is 0 Å². The van der Waals surface area contributed by atoms with Gasteiger partial charge in [-0.05, 0) is 95.7 Å². The van der Waals surface area contributed by atoms with Crippen molar-refractivity contribution in [3.63, 3.8) is 0 Å². The van der Waals surface area contributed by atoms with E-state index in [0.717, 1.165) is 0 Å². The Bertz CT molecular complexity index is 2390. The van der Waals surface area contributed by atoms with Crippen molar-refractivity contribution < 1.29 is 0 Å². The second kappa shape index (κ2) is 7.89. The van der Waals surface area contributed by atoms with Gasteiger partial charge < -0.3 is 0 Å². The van der Waals surface area contributed by atoms with Gasteiger partial charge in [0.25, 0.3) is 0 Å². The van der Waals surface area contributed by atoms with E-state index >= 15 is 0 Å². The van der Waals surface area contributed by atoms with Crippen LogP contribution in [0.5, 0.6) is 0 Å². The van der Waals surface area contributed by atoms with Crippen molar-refractivity contribution in [2.45, 2.75) is 0 Å². The first kappa shape index (κ1) is 21.2. The molecule has 1 heterocycles. The summed E-state index contributed by atoms with van der Waals surface area (Å²) in [5, 5.41) is 13.2. The van der Waals surface area contributed by atoms with Gasteiger partial charge in [0.05, 0.1) is 0 Å². The minimum Gasteiger partial charge on any atom is -0.135 e. The summed E-state index contributed by atoms with van der Waals surface area (Å²) in [5.74, 6) is 0. The van der Waals surface area contributed by atoms with Crippen molar-refractivity contribution in [1.29, 1.82) is 0 Å². The number of rotatable bonds is 2. The maximum absolute atomic E-state index is 2.39. The molecule has 0 saturated carbocycles. The zero-order chi connectivity index (χ0) is 25.5. The average Bonchev–Trinajstić information content (AvgIpc) is 3.39. The lowest BCUT2D eigenvalue weighted by molar-refractivity contribution is 1.68. The number of fused-ring (bicyclic) bond motifs is 4. The van der Waals surface area contributed by atoms with Gasteiger partial charge in [0.2, 0.25) is 0 Å².